The lowest BCUT2D eigenvalue weighted by molar-refractivity contribution is 1.18. The molecule has 62 heavy (non-hydrogen) atoms. The third kappa shape index (κ3) is 7.14. The number of aliphatic imine (C=N–C) groups is 3. The highest BCUT2D eigenvalue weighted by atomic mass is 15.0. The molecule has 10 aromatic rings. The van der Waals surface area contributed by atoms with Gasteiger partial charge in [-0.15, -0.1) is 0 Å². The number of amidine groups is 3. The van der Waals surface area contributed by atoms with Gasteiger partial charge in [0.1, 0.15) is 17.5 Å². The first-order valence-corrected chi connectivity index (χ1v) is 20.5. The van der Waals surface area contributed by atoms with Gasteiger partial charge >= 0.3 is 0 Å². The first-order valence-electron chi connectivity index (χ1n) is 20.5. The molecule has 0 atom stereocenters. The third-order valence-electron chi connectivity index (χ3n) is 11.3. The molecule has 0 radical (unpaired) electrons. The highest BCUT2D eigenvalue weighted by Gasteiger charge is 2.16. The Morgan fingerprint density at radius 2 is 0.952 bits per heavy atom. The second kappa shape index (κ2) is 16.3. The smallest absolute Gasteiger partial charge is 0.135 e. The molecule has 296 valence electrons. The highest BCUT2D eigenvalue weighted by Crippen LogP contribution is 2.34. The van der Waals surface area contributed by atoms with Crippen molar-refractivity contribution in [2.75, 3.05) is 0 Å². The summed E-state index contributed by atoms with van der Waals surface area (Å²) in [4.78, 5) is 13.4. The van der Waals surface area contributed by atoms with Crippen LogP contribution in [0.15, 0.2) is 209 Å². The molecule has 0 bridgehead atoms. The zero-order chi connectivity index (χ0) is 42.0. The predicted octanol–water partition coefficient (Wildman–Crippen LogP) is 11.7. The van der Waals surface area contributed by atoms with Gasteiger partial charge in [-0.2, -0.15) is 5.26 Å². The maximum Gasteiger partial charge on any atom is 0.135 e. The van der Waals surface area contributed by atoms with Crippen LogP contribution in [-0.2, 0) is 12.8 Å². The summed E-state index contributed by atoms with van der Waals surface area (Å²) in [5, 5.41) is 14.1. The van der Waals surface area contributed by atoms with Crippen molar-refractivity contribution < 1.29 is 0 Å². The van der Waals surface area contributed by atoms with E-state index < -0.39 is 0 Å². The Labute approximate surface area is 358 Å². The third-order valence-corrected chi connectivity index (χ3v) is 11.3. The average Bonchev–Trinajstić information content (AvgIpc) is 4.09. The van der Waals surface area contributed by atoms with Crippen LogP contribution in [0.5, 0.6) is 0 Å². The van der Waals surface area contributed by atoms with Crippen molar-refractivity contribution in [1.82, 2.24) is 9.13 Å². The van der Waals surface area contributed by atoms with E-state index in [2.05, 4.69) is 139 Å². The van der Waals surface area contributed by atoms with Crippen LogP contribution < -0.4 is 11.5 Å². The van der Waals surface area contributed by atoms with Crippen molar-refractivity contribution in [2.24, 2.45) is 26.4 Å². The largest absolute Gasteiger partial charge is 0.387 e. The molecule has 0 amide bonds. The van der Waals surface area contributed by atoms with Crippen LogP contribution in [0.4, 0.5) is 11.4 Å². The molecule has 0 aliphatic carbocycles. The van der Waals surface area contributed by atoms with Crippen LogP contribution in [0.3, 0.4) is 0 Å². The van der Waals surface area contributed by atoms with Gasteiger partial charge in [0.25, 0.3) is 0 Å². The number of rotatable bonds is 3. The molecule has 0 unspecified atom stereocenters. The number of hydrogen-bond acceptors (Lipinski definition) is 5. The van der Waals surface area contributed by atoms with Gasteiger partial charge in [-0.05, 0) is 77.9 Å². The Bertz CT molecular complexity index is 3360. The summed E-state index contributed by atoms with van der Waals surface area (Å²) < 4.78 is 4.50. The Kier molecular flexibility index (Phi) is 9.88. The first-order chi connectivity index (χ1) is 30.5. The Morgan fingerprint density at radius 3 is 1.47 bits per heavy atom. The minimum Gasteiger partial charge on any atom is -0.387 e. The van der Waals surface area contributed by atoms with Crippen LogP contribution in [0, 0.1) is 11.3 Å². The van der Waals surface area contributed by atoms with Crippen LogP contribution in [-0.4, -0.2) is 26.6 Å². The van der Waals surface area contributed by atoms with E-state index >= 15 is 0 Å². The van der Waals surface area contributed by atoms with E-state index in [-0.39, 0.29) is 0 Å². The lowest BCUT2D eigenvalue weighted by Crippen LogP contribution is -2.16. The van der Waals surface area contributed by atoms with Gasteiger partial charge in [0.15, 0.2) is 0 Å². The van der Waals surface area contributed by atoms with Gasteiger partial charge < -0.3 is 20.6 Å². The fourth-order valence-electron chi connectivity index (χ4n) is 8.47. The summed E-state index contributed by atoms with van der Waals surface area (Å²) in [6.07, 6.45) is 1.53. The Morgan fingerprint density at radius 1 is 0.500 bits per heavy atom. The van der Waals surface area contributed by atoms with E-state index in [0.717, 1.165) is 57.4 Å². The fourth-order valence-corrected chi connectivity index (χ4v) is 8.47. The normalized spacial score (nSPS) is 12.8. The molecule has 2 aromatic heterocycles. The maximum atomic E-state index is 9.13. The minimum absolute atomic E-state index is 0.481. The first kappa shape index (κ1) is 37.7. The summed E-state index contributed by atoms with van der Waals surface area (Å²) in [5.74, 6) is 1.95. The lowest BCUT2D eigenvalue weighted by atomic mass is 10.1. The van der Waals surface area contributed by atoms with Crippen LogP contribution in [0.1, 0.15) is 22.3 Å². The number of aromatic nitrogens is 2. The van der Waals surface area contributed by atoms with Crippen LogP contribution in [0.25, 0.3) is 55.0 Å². The summed E-state index contributed by atoms with van der Waals surface area (Å²) in [6, 6.07) is 68.0. The number of nitriles is 1. The van der Waals surface area contributed by atoms with Crippen molar-refractivity contribution >= 4 is 72.5 Å². The summed E-state index contributed by atoms with van der Waals surface area (Å²) in [6.45, 7) is 0. The topological polar surface area (TPSA) is 123 Å². The van der Waals surface area contributed by atoms with Gasteiger partial charge in [0.2, 0.25) is 0 Å². The molecule has 0 spiro atoms. The quantitative estimate of drug-likeness (QED) is 0.137. The van der Waals surface area contributed by atoms with Gasteiger partial charge in [0.05, 0.1) is 45.1 Å². The number of nitrogens with zero attached hydrogens (tertiary/aromatic N) is 6. The van der Waals surface area contributed by atoms with Crippen molar-refractivity contribution in [2.45, 2.75) is 12.8 Å². The molecule has 4 heterocycles. The standard InChI is InChI=1S/C27H20N4.C19H12N2.C8H8N2/c28-27(30-26-17-18-8-1-4-13-23(18)29-26)19-9-7-10-20(16-19)31-24-14-5-2-11-21(24)22-12-3-6-15-25(22)31;20-13-14-6-5-7-15(12-14)21-18-10-3-1-8-16(18)17-9-2-4-11-19(17)21;9-8-5-6-3-1-2-4-7(6)10-8/h1-16H,17H2,(H2,28,29,30);1-12H;1-4H,5H2,(H2,9,10). The summed E-state index contributed by atoms with van der Waals surface area (Å²) in [7, 11) is 0. The second-order valence-corrected chi connectivity index (χ2v) is 15.2. The minimum atomic E-state index is 0.481. The monoisotopic (exact) mass is 800 g/mol. The van der Waals surface area contributed by atoms with Crippen molar-refractivity contribution in [3.05, 3.63) is 216 Å². The van der Waals surface area contributed by atoms with E-state index in [1.165, 1.54) is 43.7 Å². The number of para-hydroxylation sites is 6. The lowest BCUT2D eigenvalue weighted by Gasteiger charge is -2.10. The van der Waals surface area contributed by atoms with Crippen molar-refractivity contribution in [3.8, 4) is 17.4 Å². The molecular formula is C54H40N8. The number of benzene rings is 8. The number of fused-ring (bicyclic) bond motifs is 8. The summed E-state index contributed by atoms with van der Waals surface area (Å²) in [5.41, 5.74) is 24.7. The zero-order valence-electron chi connectivity index (χ0n) is 33.7. The molecule has 0 saturated carbocycles. The van der Waals surface area contributed by atoms with E-state index in [9.17, 15) is 0 Å². The maximum absolute atomic E-state index is 9.13. The molecule has 2 aliphatic rings. The molecule has 12 rings (SSSR count). The molecule has 4 N–H and O–H groups in total. The predicted molar refractivity (Wildman–Crippen MR) is 256 cm³/mol. The molecule has 2 aliphatic heterocycles. The van der Waals surface area contributed by atoms with Crippen molar-refractivity contribution in [3.63, 3.8) is 0 Å². The number of nitrogens with two attached hydrogens (primary N) is 2. The van der Waals surface area contributed by atoms with E-state index in [1.807, 2.05) is 84.9 Å². The van der Waals surface area contributed by atoms with Gasteiger partial charge in [-0.1, -0.05) is 127 Å². The molecule has 0 fully saturated rings. The molecule has 0 saturated heterocycles. The van der Waals surface area contributed by atoms with E-state index in [1.54, 1.807) is 0 Å². The fraction of sp³-hybridized carbons (Fsp3) is 0.0370. The van der Waals surface area contributed by atoms with Gasteiger partial charge in [0, 0.05) is 51.3 Å². The zero-order valence-corrected chi connectivity index (χ0v) is 33.7. The highest BCUT2D eigenvalue weighted by molar-refractivity contribution is 6.11. The Balaban J connectivity index is 0.000000126. The molecule has 8 nitrogen and oxygen atoms in total. The Hall–Kier alpha value is -8.54. The van der Waals surface area contributed by atoms with Gasteiger partial charge in [-0.3, -0.25) is 0 Å². The average molecular weight is 801 g/mol. The summed E-state index contributed by atoms with van der Waals surface area (Å²) >= 11 is 0. The molecule has 8 heteroatoms. The second-order valence-electron chi connectivity index (χ2n) is 15.2. The number of hydrogen-bond donors (Lipinski definition) is 2. The van der Waals surface area contributed by atoms with Crippen LogP contribution in [0.2, 0.25) is 0 Å². The SMILES string of the molecule is N#Cc1cccc(-n2c3ccccc3c3ccccc32)c1.NC(=NC1=Nc2ccccc2C1)c1cccc(-n2c3ccccc3c3ccccc32)c1.NC1=Nc2ccccc2C1. The molecular weight excluding hydrogens is 761 g/mol. The van der Waals surface area contributed by atoms with Crippen LogP contribution >= 0.6 is 0 Å². The van der Waals surface area contributed by atoms with E-state index in [4.69, 9.17) is 16.7 Å². The van der Waals surface area contributed by atoms with Crippen molar-refractivity contribution in [1.29, 1.82) is 5.26 Å². The van der Waals surface area contributed by atoms with Gasteiger partial charge in [-0.25, -0.2) is 15.0 Å². The molecule has 8 aromatic carbocycles. The van der Waals surface area contributed by atoms with E-state index in [0.29, 0.717) is 17.8 Å².